The second-order valence-electron chi connectivity index (χ2n) is 5.53. The molecule has 4 heteroatoms. The minimum Gasteiger partial charge on any atom is -0.313 e. The van der Waals surface area contributed by atoms with E-state index in [-0.39, 0.29) is 0 Å². The van der Waals surface area contributed by atoms with E-state index in [0.29, 0.717) is 12.1 Å². The van der Waals surface area contributed by atoms with Gasteiger partial charge in [-0.2, -0.15) is 5.10 Å². The van der Waals surface area contributed by atoms with E-state index in [9.17, 15) is 0 Å². The van der Waals surface area contributed by atoms with Crippen LogP contribution in [0.4, 0.5) is 0 Å². The Labute approximate surface area is 110 Å². The van der Waals surface area contributed by atoms with Gasteiger partial charge in [0.15, 0.2) is 0 Å². The summed E-state index contributed by atoms with van der Waals surface area (Å²) < 4.78 is 1.89. The monoisotopic (exact) mass is 250 g/mol. The molecular weight excluding hydrogens is 224 g/mol. The molecule has 0 aromatic carbocycles. The Morgan fingerprint density at radius 3 is 3.00 bits per heavy atom. The smallest absolute Gasteiger partial charge is 0.0534 e. The van der Waals surface area contributed by atoms with Crippen molar-refractivity contribution in [2.75, 3.05) is 13.1 Å². The molecule has 0 bridgehead atoms. The lowest BCUT2D eigenvalue weighted by Gasteiger charge is -2.28. The molecular formula is C14H26N4. The SMILES string of the molecule is CCCC1CN(Cc2cnn(C)c2)C(C)CCN1. The summed E-state index contributed by atoms with van der Waals surface area (Å²) in [6.45, 7) is 7.93. The molecule has 4 nitrogen and oxygen atoms in total. The molecule has 1 aliphatic heterocycles. The van der Waals surface area contributed by atoms with Gasteiger partial charge in [0, 0.05) is 44.0 Å². The zero-order chi connectivity index (χ0) is 13.0. The van der Waals surface area contributed by atoms with Crippen molar-refractivity contribution >= 4 is 0 Å². The number of rotatable bonds is 4. The van der Waals surface area contributed by atoms with Gasteiger partial charge in [-0.15, -0.1) is 0 Å². The zero-order valence-corrected chi connectivity index (χ0v) is 11.9. The second kappa shape index (κ2) is 6.34. The third-order valence-corrected chi connectivity index (χ3v) is 3.85. The van der Waals surface area contributed by atoms with Crippen LogP contribution in [0.5, 0.6) is 0 Å². The van der Waals surface area contributed by atoms with Crippen molar-refractivity contribution in [2.24, 2.45) is 7.05 Å². The van der Waals surface area contributed by atoms with Gasteiger partial charge in [-0.1, -0.05) is 13.3 Å². The molecule has 1 fully saturated rings. The molecule has 1 aromatic heterocycles. The molecule has 0 radical (unpaired) electrons. The molecule has 2 unspecified atom stereocenters. The standard InChI is InChI=1S/C14H26N4/c1-4-5-14-11-18(12(2)6-7-15-14)10-13-8-16-17(3)9-13/h8-9,12,14-15H,4-7,10-11H2,1-3H3. The highest BCUT2D eigenvalue weighted by molar-refractivity contribution is 5.04. The van der Waals surface area contributed by atoms with Gasteiger partial charge in [0.05, 0.1) is 6.20 Å². The molecule has 1 saturated heterocycles. The highest BCUT2D eigenvalue weighted by atomic mass is 15.3. The Morgan fingerprint density at radius 1 is 1.50 bits per heavy atom. The van der Waals surface area contributed by atoms with Crippen molar-refractivity contribution in [3.05, 3.63) is 18.0 Å². The van der Waals surface area contributed by atoms with E-state index in [0.717, 1.165) is 19.6 Å². The lowest BCUT2D eigenvalue weighted by Crippen LogP contribution is -2.39. The van der Waals surface area contributed by atoms with Gasteiger partial charge in [0.25, 0.3) is 0 Å². The fraction of sp³-hybridized carbons (Fsp3) is 0.786. The lowest BCUT2D eigenvalue weighted by molar-refractivity contribution is 0.193. The summed E-state index contributed by atoms with van der Waals surface area (Å²) in [6, 6.07) is 1.30. The van der Waals surface area contributed by atoms with E-state index >= 15 is 0 Å². The number of hydrogen-bond donors (Lipinski definition) is 1. The maximum atomic E-state index is 4.26. The number of nitrogens with one attached hydrogen (secondary N) is 1. The summed E-state index contributed by atoms with van der Waals surface area (Å²) in [5.74, 6) is 0. The van der Waals surface area contributed by atoms with E-state index in [1.165, 1.54) is 24.8 Å². The third kappa shape index (κ3) is 3.56. The van der Waals surface area contributed by atoms with E-state index in [1.807, 2.05) is 17.9 Å². The van der Waals surface area contributed by atoms with Crippen LogP contribution in [-0.2, 0) is 13.6 Å². The normalized spacial score (nSPS) is 26.2. The highest BCUT2D eigenvalue weighted by Gasteiger charge is 2.22. The first-order chi connectivity index (χ1) is 8.69. The second-order valence-corrected chi connectivity index (χ2v) is 5.53. The number of aryl methyl sites for hydroxylation is 1. The quantitative estimate of drug-likeness (QED) is 0.884. The molecule has 2 rings (SSSR count). The molecule has 2 heterocycles. The summed E-state index contributed by atoms with van der Waals surface area (Å²) in [7, 11) is 1.98. The fourth-order valence-electron chi connectivity index (χ4n) is 2.76. The Hall–Kier alpha value is -0.870. The van der Waals surface area contributed by atoms with Crippen LogP contribution in [0.2, 0.25) is 0 Å². The van der Waals surface area contributed by atoms with Crippen LogP contribution in [0.1, 0.15) is 38.7 Å². The summed E-state index contributed by atoms with van der Waals surface area (Å²) >= 11 is 0. The molecule has 0 aliphatic carbocycles. The van der Waals surface area contributed by atoms with Gasteiger partial charge in [0.1, 0.15) is 0 Å². The van der Waals surface area contributed by atoms with Gasteiger partial charge in [-0.3, -0.25) is 9.58 Å². The minimum atomic E-state index is 0.650. The molecule has 18 heavy (non-hydrogen) atoms. The Morgan fingerprint density at radius 2 is 2.33 bits per heavy atom. The molecule has 0 amide bonds. The predicted molar refractivity (Wildman–Crippen MR) is 74.4 cm³/mol. The molecule has 1 aliphatic rings. The van der Waals surface area contributed by atoms with Gasteiger partial charge < -0.3 is 5.32 Å². The molecule has 2 atom stereocenters. The summed E-state index contributed by atoms with van der Waals surface area (Å²) in [6.07, 6.45) is 7.88. The maximum absolute atomic E-state index is 4.26. The first-order valence-corrected chi connectivity index (χ1v) is 7.14. The van der Waals surface area contributed by atoms with Crippen LogP contribution in [0.3, 0.4) is 0 Å². The Kier molecular flexibility index (Phi) is 4.78. The number of nitrogens with zero attached hydrogens (tertiary/aromatic N) is 3. The van der Waals surface area contributed by atoms with Crippen molar-refractivity contribution in [3.63, 3.8) is 0 Å². The summed E-state index contributed by atoms with van der Waals surface area (Å²) in [5.41, 5.74) is 1.32. The average Bonchev–Trinajstić information content (AvgIpc) is 2.65. The largest absolute Gasteiger partial charge is 0.313 e. The van der Waals surface area contributed by atoms with Crippen molar-refractivity contribution in [1.29, 1.82) is 0 Å². The van der Waals surface area contributed by atoms with E-state index < -0.39 is 0 Å². The summed E-state index contributed by atoms with van der Waals surface area (Å²) in [4.78, 5) is 2.59. The van der Waals surface area contributed by atoms with Crippen LogP contribution < -0.4 is 5.32 Å². The van der Waals surface area contributed by atoms with E-state index in [1.54, 1.807) is 0 Å². The van der Waals surface area contributed by atoms with Crippen LogP contribution >= 0.6 is 0 Å². The molecule has 0 spiro atoms. The summed E-state index contributed by atoms with van der Waals surface area (Å²) in [5, 5.41) is 7.93. The van der Waals surface area contributed by atoms with Crippen LogP contribution in [-0.4, -0.2) is 39.9 Å². The topological polar surface area (TPSA) is 33.1 Å². The predicted octanol–water partition coefficient (Wildman–Crippen LogP) is 1.77. The van der Waals surface area contributed by atoms with E-state index in [4.69, 9.17) is 0 Å². The number of hydrogen-bond acceptors (Lipinski definition) is 3. The average molecular weight is 250 g/mol. The molecule has 0 saturated carbocycles. The zero-order valence-electron chi connectivity index (χ0n) is 11.9. The maximum Gasteiger partial charge on any atom is 0.0534 e. The van der Waals surface area contributed by atoms with Crippen molar-refractivity contribution < 1.29 is 0 Å². The van der Waals surface area contributed by atoms with Crippen molar-refractivity contribution in [1.82, 2.24) is 20.0 Å². The van der Waals surface area contributed by atoms with Gasteiger partial charge >= 0.3 is 0 Å². The third-order valence-electron chi connectivity index (χ3n) is 3.85. The Balaban J connectivity index is 1.98. The molecule has 1 aromatic rings. The van der Waals surface area contributed by atoms with Crippen LogP contribution in [0, 0.1) is 0 Å². The number of aromatic nitrogens is 2. The van der Waals surface area contributed by atoms with Crippen molar-refractivity contribution in [3.8, 4) is 0 Å². The van der Waals surface area contributed by atoms with Crippen molar-refractivity contribution in [2.45, 2.75) is 51.7 Å². The first kappa shape index (κ1) is 13.6. The lowest BCUT2D eigenvalue weighted by atomic mass is 10.1. The van der Waals surface area contributed by atoms with Gasteiger partial charge in [0.2, 0.25) is 0 Å². The van der Waals surface area contributed by atoms with E-state index in [2.05, 4.69) is 35.4 Å². The minimum absolute atomic E-state index is 0.650. The van der Waals surface area contributed by atoms with Crippen LogP contribution in [0.15, 0.2) is 12.4 Å². The Bertz CT molecular complexity index is 360. The fourth-order valence-corrected chi connectivity index (χ4v) is 2.76. The highest BCUT2D eigenvalue weighted by Crippen LogP contribution is 2.15. The van der Waals surface area contributed by atoms with Gasteiger partial charge in [-0.05, 0) is 26.3 Å². The van der Waals surface area contributed by atoms with Gasteiger partial charge in [-0.25, -0.2) is 0 Å². The van der Waals surface area contributed by atoms with Crippen LogP contribution in [0.25, 0.3) is 0 Å². The molecule has 102 valence electrons. The first-order valence-electron chi connectivity index (χ1n) is 7.14. The molecule has 1 N–H and O–H groups in total.